The number of piperidine rings is 1. The van der Waals surface area contributed by atoms with Gasteiger partial charge in [-0.2, -0.15) is 0 Å². The van der Waals surface area contributed by atoms with Crippen molar-refractivity contribution in [3.05, 3.63) is 35.9 Å². The molecule has 2 rings (SSSR count). The van der Waals surface area contributed by atoms with Crippen molar-refractivity contribution in [2.75, 3.05) is 26.7 Å². The first-order valence-corrected chi connectivity index (χ1v) is 6.28. The summed E-state index contributed by atoms with van der Waals surface area (Å²) in [6.07, 6.45) is 2.44. The van der Waals surface area contributed by atoms with Gasteiger partial charge in [-0.25, -0.2) is 0 Å². The molecule has 3 heteroatoms. The van der Waals surface area contributed by atoms with Crippen LogP contribution in [0.4, 0.5) is 0 Å². The van der Waals surface area contributed by atoms with Crippen molar-refractivity contribution < 1.29 is 4.79 Å². The summed E-state index contributed by atoms with van der Waals surface area (Å²) >= 11 is 0. The number of benzene rings is 1. The summed E-state index contributed by atoms with van der Waals surface area (Å²) in [4.78, 5) is 14.0. The van der Waals surface area contributed by atoms with Crippen LogP contribution in [0.3, 0.4) is 0 Å². The van der Waals surface area contributed by atoms with Gasteiger partial charge >= 0.3 is 0 Å². The molecule has 3 nitrogen and oxygen atoms in total. The molecule has 1 aliphatic heterocycles. The van der Waals surface area contributed by atoms with E-state index < -0.39 is 0 Å². The van der Waals surface area contributed by atoms with E-state index in [9.17, 15) is 4.79 Å². The minimum atomic E-state index is 0.121. The number of nitrogens with zero attached hydrogens (tertiary/aromatic N) is 1. The highest BCUT2D eigenvalue weighted by Gasteiger charge is 2.18. The molecule has 0 spiro atoms. The van der Waals surface area contributed by atoms with Gasteiger partial charge in [0.15, 0.2) is 0 Å². The quantitative estimate of drug-likeness (QED) is 0.861. The lowest BCUT2D eigenvalue weighted by molar-refractivity contribution is 0.0765. The summed E-state index contributed by atoms with van der Waals surface area (Å²) in [5.41, 5.74) is 0.777. The molecule has 1 aromatic rings. The molecule has 0 radical (unpaired) electrons. The lowest BCUT2D eigenvalue weighted by atomic mass is 9.99. The van der Waals surface area contributed by atoms with Crippen LogP contribution in [0, 0.1) is 5.92 Å². The number of carbonyl (C=O) groups is 1. The van der Waals surface area contributed by atoms with Crippen LogP contribution in [0.25, 0.3) is 0 Å². The molecule has 0 aliphatic carbocycles. The summed E-state index contributed by atoms with van der Waals surface area (Å²) in [7, 11) is 1.89. The zero-order valence-electron chi connectivity index (χ0n) is 10.4. The van der Waals surface area contributed by atoms with Crippen molar-refractivity contribution in [2.24, 2.45) is 5.92 Å². The van der Waals surface area contributed by atoms with Gasteiger partial charge in [0.2, 0.25) is 0 Å². The van der Waals surface area contributed by atoms with Crippen LogP contribution in [0.5, 0.6) is 0 Å². The van der Waals surface area contributed by atoms with E-state index in [1.807, 2.05) is 42.3 Å². The topological polar surface area (TPSA) is 32.3 Å². The number of amides is 1. The van der Waals surface area contributed by atoms with Crippen molar-refractivity contribution in [1.82, 2.24) is 10.2 Å². The highest BCUT2D eigenvalue weighted by molar-refractivity contribution is 5.93. The first kappa shape index (κ1) is 12.1. The molecule has 0 saturated carbocycles. The molecule has 1 heterocycles. The fourth-order valence-electron chi connectivity index (χ4n) is 2.35. The van der Waals surface area contributed by atoms with E-state index >= 15 is 0 Å². The summed E-state index contributed by atoms with van der Waals surface area (Å²) in [5, 5.41) is 3.38. The Balaban J connectivity index is 1.91. The first-order valence-electron chi connectivity index (χ1n) is 6.28. The molecular weight excluding hydrogens is 212 g/mol. The van der Waals surface area contributed by atoms with Gasteiger partial charge in [-0.3, -0.25) is 4.79 Å². The van der Waals surface area contributed by atoms with Gasteiger partial charge in [0, 0.05) is 19.2 Å². The van der Waals surface area contributed by atoms with E-state index in [1.165, 1.54) is 12.8 Å². The van der Waals surface area contributed by atoms with Gasteiger partial charge in [-0.1, -0.05) is 18.2 Å². The SMILES string of the molecule is CN(CC1CCCNC1)C(=O)c1ccccc1. The smallest absolute Gasteiger partial charge is 0.253 e. The third-order valence-electron chi connectivity index (χ3n) is 3.30. The van der Waals surface area contributed by atoms with Crippen LogP contribution in [-0.4, -0.2) is 37.5 Å². The van der Waals surface area contributed by atoms with E-state index in [4.69, 9.17) is 0 Å². The molecular formula is C14H20N2O. The number of rotatable bonds is 3. The monoisotopic (exact) mass is 232 g/mol. The Morgan fingerprint density at radius 3 is 2.82 bits per heavy atom. The zero-order chi connectivity index (χ0) is 12.1. The normalized spacial score (nSPS) is 19.9. The maximum Gasteiger partial charge on any atom is 0.253 e. The summed E-state index contributed by atoms with van der Waals surface area (Å²) in [6, 6.07) is 9.49. The Labute approximate surface area is 103 Å². The second-order valence-electron chi connectivity index (χ2n) is 4.76. The predicted molar refractivity (Wildman–Crippen MR) is 69.0 cm³/mol. The number of nitrogens with one attached hydrogen (secondary N) is 1. The fourth-order valence-corrected chi connectivity index (χ4v) is 2.35. The summed E-state index contributed by atoms with van der Waals surface area (Å²) in [6.45, 7) is 3.00. The molecule has 1 atom stereocenters. The molecule has 1 amide bonds. The molecule has 17 heavy (non-hydrogen) atoms. The second kappa shape index (κ2) is 5.82. The second-order valence-corrected chi connectivity index (χ2v) is 4.76. The molecule has 1 saturated heterocycles. The Morgan fingerprint density at radius 1 is 1.41 bits per heavy atom. The zero-order valence-corrected chi connectivity index (χ0v) is 10.4. The molecule has 1 N–H and O–H groups in total. The predicted octanol–water partition coefficient (Wildman–Crippen LogP) is 1.76. The maximum absolute atomic E-state index is 12.1. The minimum absolute atomic E-state index is 0.121. The highest BCUT2D eigenvalue weighted by Crippen LogP contribution is 2.12. The molecule has 1 aliphatic rings. The first-order chi connectivity index (χ1) is 8.27. The van der Waals surface area contributed by atoms with E-state index in [2.05, 4.69) is 5.32 Å². The molecule has 0 bridgehead atoms. The largest absolute Gasteiger partial charge is 0.341 e. The molecule has 1 fully saturated rings. The Kier molecular flexibility index (Phi) is 4.15. The minimum Gasteiger partial charge on any atom is -0.341 e. The van der Waals surface area contributed by atoms with Crippen LogP contribution in [0.2, 0.25) is 0 Å². The Bertz CT molecular complexity index is 358. The highest BCUT2D eigenvalue weighted by atomic mass is 16.2. The van der Waals surface area contributed by atoms with Crippen molar-refractivity contribution in [3.8, 4) is 0 Å². The van der Waals surface area contributed by atoms with Crippen LogP contribution < -0.4 is 5.32 Å². The van der Waals surface area contributed by atoms with E-state index in [-0.39, 0.29) is 5.91 Å². The van der Waals surface area contributed by atoms with Crippen LogP contribution in [0.15, 0.2) is 30.3 Å². The van der Waals surface area contributed by atoms with Gasteiger partial charge in [0.1, 0.15) is 0 Å². The molecule has 1 unspecified atom stereocenters. The summed E-state index contributed by atoms with van der Waals surface area (Å²) in [5.74, 6) is 0.720. The van der Waals surface area contributed by atoms with Gasteiger partial charge in [0.05, 0.1) is 0 Å². The van der Waals surface area contributed by atoms with E-state index in [0.717, 1.165) is 25.2 Å². The lowest BCUT2D eigenvalue weighted by Gasteiger charge is -2.27. The van der Waals surface area contributed by atoms with Gasteiger partial charge in [-0.15, -0.1) is 0 Å². The van der Waals surface area contributed by atoms with Crippen molar-refractivity contribution in [1.29, 1.82) is 0 Å². The molecule has 0 aromatic heterocycles. The van der Waals surface area contributed by atoms with Crippen LogP contribution in [0.1, 0.15) is 23.2 Å². The average molecular weight is 232 g/mol. The number of hydrogen-bond donors (Lipinski definition) is 1. The lowest BCUT2D eigenvalue weighted by Crippen LogP contribution is -2.39. The maximum atomic E-state index is 12.1. The van der Waals surface area contributed by atoms with E-state index in [0.29, 0.717) is 5.92 Å². The van der Waals surface area contributed by atoms with Crippen molar-refractivity contribution in [3.63, 3.8) is 0 Å². The van der Waals surface area contributed by atoms with E-state index in [1.54, 1.807) is 0 Å². The van der Waals surface area contributed by atoms with Gasteiger partial charge in [-0.05, 0) is 44.0 Å². The number of carbonyl (C=O) groups excluding carboxylic acids is 1. The third kappa shape index (κ3) is 3.30. The third-order valence-corrected chi connectivity index (χ3v) is 3.30. The fraction of sp³-hybridized carbons (Fsp3) is 0.500. The van der Waals surface area contributed by atoms with Gasteiger partial charge < -0.3 is 10.2 Å². The van der Waals surface area contributed by atoms with Gasteiger partial charge in [0.25, 0.3) is 5.91 Å². The van der Waals surface area contributed by atoms with Crippen LogP contribution >= 0.6 is 0 Å². The van der Waals surface area contributed by atoms with Crippen molar-refractivity contribution in [2.45, 2.75) is 12.8 Å². The molecule has 1 aromatic carbocycles. The summed E-state index contributed by atoms with van der Waals surface area (Å²) < 4.78 is 0. The van der Waals surface area contributed by atoms with Crippen LogP contribution in [-0.2, 0) is 0 Å². The number of hydrogen-bond acceptors (Lipinski definition) is 2. The van der Waals surface area contributed by atoms with Crippen molar-refractivity contribution >= 4 is 5.91 Å². The Hall–Kier alpha value is -1.35. The Morgan fingerprint density at radius 2 is 2.18 bits per heavy atom. The average Bonchev–Trinajstić information content (AvgIpc) is 2.40. The molecule has 92 valence electrons. The standard InChI is InChI=1S/C14H20N2O/c1-16(11-12-6-5-9-15-10-12)14(17)13-7-3-2-4-8-13/h2-4,7-8,12,15H,5-6,9-11H2,1H3.